The number of aromatic nitrogens is 3. The van der Waals surface area contributed by atoms with E-state index in [9.17, 15) is 4.79 Å². The topological polar surface area (TPSA) is 92.9 Å². The van der Waals surface area contributed by atoms with Crippen molar-refractivity contribution in [2.45, 2.75) is 0 Å². The second kappa shape index (κ2) is 7.39. The molecule has 0 bridgehead atoms. The first kappa shape index (κ1) is 17.5. The van der Waals surface area contributed by atoms with E-state index < -0.39 is 5.63 Å². The summed E-state index contributed by atoms with van der Waals surface area (Å²) in [7, 11) is 0. The number of hydrogen-bond acceptors (Lipinski definition) is 7. The molecule has 2 heterocycles. The standard InChI is InChI=1S/C20H12ClN5O2/c1-2-22-19-24-18(21)25-20(26-19)23-14-9-8-13-10-15(12-6-4-3-5-7-12)17(27)28-16(13)11-14/h1,3-11H,(H2,22,23,24,25,26). The second-order valence-electron chi connectivity index (χ2n) is 5.71. The fourth-order valence-corrected chi connectivity index (χ4v) is 2.82. The van der Waals surface area contributed by atoms with E-state index in [0.29, 0.717) is 16.8 Å². The number of fused-ring (bicyclic) bond motifs is 1. The summed E-state index contributed by atoms with van der Waals surface area (Å²) in [5.41, 5.74) is 1.92. The van der Waals surface area contributed by atoms with Crippen molar-refractivity contribution in [2.24, 2.45) is 0 Å². The van der Waals surface area contributed by atoms with Crippen LogP contribution in [0.3, 0.4) is 0 Å². The molecule has 7 nitrogen and oxygen atoms in total. The van der Waals surface area contributed by atoms with Gasteiger partial charge in [-0.05, 0) is 35.4 Å². The molecule has 4 aromatic rings. The zero-order valence-electron chi connectivity index (χ0n) is 14.3. The molecule has 0 aliphatic carbocycles. The number of nitrogens with one attached hydrogen (secondary N) is 2. The molecule has 0 amide bonds. The molecule has 4 rings (SSSR count). The fourth-order valence-electron chi connectivity index (χ4n) is 2.66. The SMILES string of the molecule is C#CNc1nc(Cl)nc(Nc2ccc3cc(-c4ccccc4)c(=O)oc3c2)n1. The summed E-state index contributed by atoms with van der Waals surface area (Å²) in [6.45, 7) is 0. The summed E-state index contributed by atoms with van der Waals surface area (Å²) in [6, 6.07) is 18.7. The van der Waals surface area contributed by atoms with Gasteiger partial charge >= 0.3 is 5.63 Å². The molecule has 0 spiro atoms. The highest BCUT2D eigenvalue weighted by Gasteiger charge is 2.09. The van der Waals surface area contributed by atoms with Gasteiger partial charge in [0.2, 0.25) is 17.2 Å². The summed E-state index contributed by atoms with van der Waals surface area (Å²) < 4.78 is 5.50. The minimum atomic E-state index is -0.417. The average Bonchev–Trinajstić information content (AvgIpc) is 2.68. The highest BCUT2D eigenvalue weighted by Crippen LogP contribution is 2.24. The van der Waals surface area contributed by atoms with Gasteiger partial charge in [-0.3, -0.25) is 5.32 Å². The molecule has 0 saturated carbocycles. The molecule has 8 heteroatoms. The van der Waals surface area contributed by atoms with Crippen molar-refractivity contribution >= 4 is 40.2 Å². The van der Waals surface area contributed by atoms with E-state index in [1.165, 1.54) is 0 Å². The number of nitrogens with zero attached hydrogens (tertiary/aromatic N) is 3. The van der Waals surface area contributed by atoms with Crippen molar-refractivity contribution in [3.05, 3.63) is 70.3 Å². The Kier molecular flexibility index (Phi) is 4.62. The van der Waals surface area contributed by atoms with Gasteiger partial charge in [0.15, 0.2) is 0 Å². The van der Waals surface area contributed by atoms with Gasteiger partial charge in [-0.15, -0.1) is 0 Å². The molecule has 0 saturated heterocycles. The smallest absolute Gasteiger partial charge is 0.344 e. The van der Waals surface area contributed by atoms with Gasteiger partial charge in [-0.1, -0.05) is 36.8 Å². The van der Waals surface area contributed by atoms with Crippen LogP contribution in [0.15, 0.2) is 63.8 Å². The van der Waals surface area contributed by atoms with Gasteiger partial charge in [0.05, 0.1) is 5.56 Å². The molecule has 2 aromatic carbocycles. The fraction of sp³-hybridized carbons (Fsp3) is 0. The van der Waals surface area contributed by atoms with Gasteiger partial charge < -0.3 is 9.73 Å². The van der Waals surface area contributed by atoms with Crippen molar-refractivity contribution in [1.82, 2.24) is 15.0 Å². The Morgan fingerprint density at radius 1 is 1.00 bits per heavy atom. The van der Waals surface area contributed by atoms with Gasteiger partial charge in [0, 0.05) is 23.2 Å². The maximum absolute atomic E-state index is 12.4. The van der Waals surface area contributed by atoms with E-state index in [2.05, 4.69) is 31.6 Å². The largest absolute Gasteiger partial charge is 0.422 e. The van der Waals surface area contributed by atoms with Crippen LogP contribution in [0.5, 0.6) is 0 Å². The summed E-state index contributed by atoms with van der Waals surface area (Å²) in [5, 5.41) is 6.26. The van der Waals surface area contributed by atoms with Gasteiger partial charge in [-0.2, -0.15) is 15.0 Å². The molecule has 136 valence electrons. The van der Waals surface area contributed by atoms with Crippen molar-refractivity contribution < 1.29 is 4.42 Å². The van der Waals surface area contributed by atoms with E-state index in [4.69, 9.17) is 22.4 Å². The molecule has 2 aromatic heterocycles. The Hall–Kier alpha value is -3.89. The summed E-state index contributed by atoms with van der Waals surface area (Å²) >= 11 is 5.87. The predicted molar refractivity (Wildman–Crippen MR) is 108 cm³/mol. The van der Waals surface area contributed by atoms with Crippen LogP contribution >= 0.6 is 11.6 Å². The number of terminal acetylenes is 1. The lowest BCUT2D eigenvalue weighted by atomic mass is 10.1. The Balaban J connectivity index is 1.69. The first-order valence-electron chi connectivity index (χ1n) is 8.16. The molecule has 0 radical (unpaired) electrons. The Morgan fingerprint density at radius 3 is 2.57 bits per heavy atom. The lowest BCUT2D eigenvalue weighted by Crippen LogP contribution is -2.04. The summed E-state index contributed by atoms with van der Waals surface area (Å²) in [5.74, 6) is 0.338. The molecule has 0 aliphatic heterocycles. The van der Waals surface area contributed by atoms with E-state index in [-0.39, 0.29) is 17.2 Å². The molecule has 28 heavy (non-hydrogen) atoms. The molecule has 0 aliphatic rings. The van der Waals surface area contributed by atoms with E-state index in [1.54, 1.807) is 12.1 Å². The van der Waals surface area contributed by atoms with Crippen molar-refractivity contribution in [3.8, 4) is 23.6 Å². The highest BCUT2D eigenvalue weighted by atomic mass is 35.5. The van der Waals surface area contributed by atoms with Crippen molar-refractivity contribution in [1.29, 1.82) is 0 Å². The number of hydrogen-bond donors (Lipinski definition) is 2. The van der Waals surface area contributed by atoms with Crippen molar-refractivity contribution in [2.75, 3.05) is 10.6 Å². The lowest BCUT2D eigenvalue weighted by Gasteiger charge is -2.08. The van der Waals surface area contributed by atoms with Crippen LogP contribution in [0, 0.1) is 12.5 Å². The monoisotopic (exact) mass is 389 g/mol. The summed E-state index contributed by atoms with van der Waals surface area (Å²) in [4.78, 5) is 24.4. The maximum Gasteiger partial charge on any atom is 0.344 e. The normalized spacial score (nSPS) is 10.4. The maximum atomic E-state index is 12.4. The molecular formula is C20H12ClN5O2. The molecule has 0 atom stereocenters. The quantitative estimate of drug-likeness (QED) is 0.309. The minimum absolute atomic E-state index is 0.0184. The third-order valence-electron chi connectivity index (χ3n) is 3.87. The van der Waals surface area contributed by atoms with Crippen LogP contribution in [-0.2, 0) is 0 Å². The van der Waals surface area contributed by atoms with Crippen LogP contribution in [0.2, 0.25) is 5.28 Å². The predicted octanol–water partition coefficient (Wildman–Crippen LogP) is 4.04. The van der Waals surface area contributed by atoms with Crippen LogP contribution in [-0.4, -0.2) is 15.0 Å². The Bertz CT molecular complexity index is 1270. The van der Waals surface area contributed by atoms with Crippen LogP contribution in [0.25, 0.3) is 22.1 Å². The number of benzene rings is 2. The zero-order valence-corrected chi connectivity index (χ0v) is 15.1. The van der Waals surface area contributed by atoms with Gasteiger partial charge in [0.25, 0.3) is 0 Å². The second-order valence-corrected chi connectivity index (χ2v) is 6.05. The molecule has 0 unspecified atom stereocenters. The van der Waals surface area contributed by atoms with E-state index in [0.717, 1.165) is 10.9 Å². The van der Waals surface area contributed by atoms with Crippen LogP contribution in [0.1, 0.15) is 0 Å². The third-order valence-corrected chi connectivity index (χ3v) is 4.04. The Morgan fingerprint density at radius 2 is 1.79 bits per heavy atom. The third kappa shape index (κ3) is 3.63. The van der Waals surface area contributed by atoms with Crippen LogP contribution in [0.4, 0.5) is 17.6 Å². The van der Waals surface area contributed by atoms with Gasteiger partial charge in [-0.25, -0.2) is 4.79 Å². The first-order chi connectivity index (χ1) is 13.6. The number of rotatable bonds is 4. The first-order valence-corrected chi connectivity index (χ1v) is 8.54. The lowest BCUT2D eigenvalue weighted by molar-refractivity contribution is 0.563. The average molecular weight is 390 g/mol. The van der Waals surface area contributed by atoms with Crippen LogP contribution < -0.4 is 16.3 Å². The van der Waals surface area contributed by atoms with E-state index in [1.807, 2.05) is 42.5 Å². The molecular weight excluding hydrogens is 378 g/mol. The highest BCUT2D eigenvalue weighted by molar-refractivity contribution is 6.28. The molecule has 0 fully saturated rings. The van der Waals surface area contributed by atoms with Crippen molar-refractivity contribution in [3.63, 3.8) is 0 Å². The van der Waals surface area contributed by atoms with Gasteiger partial charge in [0.1, 0.15) is 5.58 Å². The minimum Gasteiger partial charge on any atom is -0.422 e. The Labute approximate surface area is 164 Å². The number of anilines is 3. The zero-order chi connectivity index (χ0) is 19.5. The molecule has 2 N–H and O–H groups in total. The van der Waals surface area contributed by atoms with E-state index >= 15 is 0 Å². The number of halogens is 1. The summed E-state index contributed by atoms with van der Waals surface area (Å²) in [6.07, 6.45) is 5.18.